The van der Waals surface area contributed by atoms with Crippen molar-refractivity contribution in [2.45, 2.75) is 24.8 Å². The predicted molar refractivity (Wildman–Crippen MR) is 54.0 cm³/mol. The number of benzene rings is 1. The van der Waals surface area contributed by atoms with E-state index in [-0.39, 0.29) is 0 Å². The van der Waals surface area contributed by atoms with Crippen LogP contribution in [-0.4, -0.2) is 18.0 Å². The lowest BCUT2D eigenvalue weighted by atomic mass is 9.97. The van der Waals surface area contributed by atoms with Gasteiger partial charge in [0.15, 0.2) is 0 Å². The van der Waals surface area contributed by atoms with Crippen LogP contribution in [0.25, 0.3) is 0 Å². The lowest BCUT2D eigenvalue weighted by Crippen LogP contribution is -2.60. The van der Waals surface area contributed by atoms with Crippen molar-refractivity contribution in [3.8, 4) is 0 Å². The fourth-order valence-corrected chi connectivity index (χ4v) is 1.44. The van der Waals surface area contributed by atoms with Gasteiger partial charge in [-0.15, -0.1) is 0 Å². The molecule has 1 N–H and O–H groups in total. The van der Waals surface area contributed by atoms with Crippen LogP contribution >= 0.6 is 0 Å². The molecule has 1 atom stereocenters. The van der Waals surface area contributed by atoms with Crippen molar-refractivity contribution in [3.05, 3.63) is 35.9 Å². The maximum Gasteiger partial charge on any atom is 0.459 e. The fraction of sp³-hybridized carbons (Fsp3) is 0.364. The fourth-order valence-electron chi connectivity index (χ4n) is 1.44. The molecule has 0 saturated heterocycles. The van der Waals surface area contributed by atoms with Crippen LogP contribution in [0.15, 0.2) is 30.3 Å². The SMILES string of the molecule is CC(=O)NC(F)(c1ccccc1)C(F)(F)C(F)(F)F. The Kier molecular flexibility index (Phi) is 3.83. The summed E-state index contributed by atoms with van der Waals surface area (Å²) in [6.45, 7) is 0.643. The molecule has 106 valence electrons. The highest BCUT2D eigenvalue weighted by atomic mass is 19.4. The first kappa shape index (κ1) is 15.3. The van der Waals surface area contributed by atoms with Gasteiger partial charge in [0, 0.05) is 12.5 Å². The lowest BCUT2D eigenvalue weighted by molar-refractivity contribution is -0.335. The molecule has 19 heavy (non-hydrogen) atoms. The molecule has 0 radical (unpaired) electrons. The average Bonchev–Trinajstić information content (AvgIpc) is 2.27. The summed E-state index contributed by atoms with van der Waals surface area (Å²) >= 11 is 0. The number of hydrogen-bond donors (Lipinski definition) is 1. The van der Waals surface area contributed by atoms with Crippen LogP contribution in [0.5, 0.6) is 0 Å². The number of alkyl halides is 6. The van der Waals surface area contributed by atoms with Crippen LogP contribution in [0, 0.1) is 0 Å². The molecule has 1 aromatic carbocycles. The van der Waals surface area contributed by atoms with E-state index in [0.717, 1.165) is 29.6 Å². The first-order valence-corrected chi connectivity index (χ1v) is 5.00. The zero-order valence-electron chi connectivity index (χ0n) is 9.56. The molecule has 1 amide bonds. The molecule has 0 aromatic heterocycles. The molecule has 0 aliphatic carbocycles. The number of hydrogen-bond acceptors (Lipinski definition) is 1. The van der Waals surface area contributed by atoms with E-state index >= 15 is 0 Å². The van der Waals surface area contributed by atoms with Gasteiger partial charge in [0.05, 0.1) is 0 Å². The highest BCUT2D eigenvalue weighted by Gasteiger charge is 2.72. The van der Waals surface area contributed by atoms with E-state index in [1.165, 1.54) is 6.07 Å². The van der Waals surface area contributed by atoms with Crippen LogP contribution in [-0.2, 0) is 10.6 Å². The minimum absolute atomic E-state index is 0.643. The second kappa shape index (κ2) is 4.75. The molecule has 0 aliphatic heterocycles. The van der Waals surface area contributed by atoms with Crippen LogP contribution in [0.3, 0.4) is 0 Å². The van der Waals surface area contributed by atoms with Crippen molar-refractivity contribution in [3.63, 3.8) is 0 Å². The predicted octanol–water partition coefficient (Wildman–Crippen LogP) is 3.14. The van der Waals surface area contributed by atoms with Crippen LogP contribution in [0.4, 0.5) is 26.3 Å². The van der Waals surface area contributed by atoms with Crippen LogP contribution < -0.4 is 5.32 Å². The van der Waals surface area contributed by atoms with Crippen molar-refractivity contribution < 1.29 is 31.1 Å². The molecule has 0 bridgehead atoms. The zero-order valence-corrected chi connectivity index (χ0v) is 9.56. The molecule has 2 nitrogen and oxygen atoms in total. The Morgan fingerprint density at radius 1 is 1.00 bits per heavy atom. The molecule has 1 aromatic rings. The van der Waals surface area contributed by atoms with E-state index < -0.39 is 29.4 Å². The normalized spacial score (nSPS) is 15.7. The first-order chi connectivity index (χ1) is 8.52. The molecule has 0 fully saturated rings. The maximum absolute atomic E-state index is 14.2. The number of rotatable bonds is 3. The molecule has 0 aliphatic rings. The zero-order chi connectivity index (χ0) is 14.9. The van der Waals surface area contributed by atoms with Gasteiger partial charge in [0.2, 0.25) is 5.91 Å². The molecule has 1 unspecified atom stereocenters. The number of halogens is 6. The molecule has 1 rings (SSSR count). The largest absolute Gasteiger partial charge is 0.459 e. The highest BCUT2D eigenvalue weighted by Crippen LogP contribution is 2.49. The molecule has 0 spiro atoms. The van der Waals surface area contributed by atoms with Gasteiger partial charge in [-0.1, -0.05) is 30.3 Å². The highest BCUT2D eigenvalue weighted by molar-refractivity contribution is 5.74. The molecule has 0 heterocycles. The average molecular weight is 285 g/mol. The van der Waals surface area contributed by atoms with E-state index in [1.54, 1.807) is 0 Å². The van der Waals surface area contributed by atoms with Crippen molar-refractivity contribution in [2.24, 2.45) is 0 Å². The van der Waals surface area contributed by atoms with Gasteiger partial charge in [-0.2, -0.15) is 22.0 Å². The molecule has 8 heteroatoms. The van der Waals surface area contributed by atoms with E-state index in [4.69, 9.17) is 0 Å². The quantitative estimate of drug-likeness (QED) is 0.671. The van der Waals surface area contributed by atoms with Crippen LogP contribution in [0.1, 0.15) is 12.5 Å². The standard InChI is InChI=1S/C11H9F6NO/c1-7(19)18-9(12,8-5-3-2-4-6-8)10(13,14)11(15,16)17/h2-6H,1H3,(H,18,19). The van der Waals surface area contributed by atoms with Gasteiger partial charge < -0.3 is 5.32 Å². The Morgan fingerprint density at radius 3 is 1.84 bits per heavy atom. The summed E-state index contributed by atoms with van der Waals surface area (Å²) in [7, 11) is 0. The summed E-state index contributed by atoms with van der Waals surface area (Å²) in [6, 6.07) is 4.93. The van der Waals surface area contributed by atoms with E-state index in [1.807, 2.05) is 0 Å². The van der Waals surface area contributed by atoms with Crippen molar-refractivity contribution in [1.29, 1.82) is 0 Å². The van der Waals surface area contributed by atoms with E-state index in [2.05, 4.69) is 0 Å². The van der Waals surface area contributed by atoms with Crippen molar-refractivity contribution in [1.82, 2.24) is 5.32 Å². The van der Waals surface area contributed by atoms with Crippen molar-refractivity contribution >= 4 is 5.91 Å². The van der Waals surface area contributed by atoms with Gasteiger partial charge in [-0.25, -0.2) is 4.39 Å². The second-order valence-electron chi connectivity index (χ2n) is 3.78. The third kappa shape index (κ3) is 2.66. The molecule has 0 saturated carbocycles. The van der Waals surface area contributed by atoms with Gasteiger partial charge in [0.25, 0.3) is 5.79 Å². The Bertz CT molecular complexity index is 458. The Hall–Kier alpha value is -1.73. The Balaban J connectivity index is 3.41. The monoisotopic (exact) mass is 285 g/mol. The summed E-state index contributed by atoms with van der Waals surface area (Å²) in [4.78, 5) is 10.8. The number of amides is 1. The summed E-state index contributed by atoms with van der Waals surface area (Å²) in [5.74, 6) is -11.5. The minimum Gasteiger partial charge on any atom is -0.315 e. The van der Waals surface area contributed by atoms with Gasteiger partial charge in [-0.05, 0) is 0 Å². The first-order valence-electron chi connectivity index (χ1n) is 5.00. The third-order valence-corrected chi connectivity index (χ3v) is 2.31. The molecular formula is C11H9F6NO. The summed E-state index contributed by atoms with van der Waals surface area (Å²) in [5.41, 5.74) is -0.993. The van der Waals surface area contributed by atoms with E-state index in [0.29, 0.717) is 6.92 Å². The summed E-state index contributed by atoms with van der Waals surface area (Å²) in [6.07, 6.45) is -6.15. The lowest BCUT2D eigenvalue weighted by Gasteiger charge is -2.35. The van der Waals surface area contributed by atoms with Crippen LogP contribution in [0.2, 0.25) is 0 Å². The number of carbonyl (C=O) groups is 1. The van der Waals surface area contributed by atoms with Crippen molar-refractivity contribution in [2.75, 3.05) is 0 Å². The topological polar surface area (TPSA) is 29.1 Å². The maximum atomic E-state index is 14.2. The smallest absolute Gasteiger partial charge is 0.315 e. The summed E-state index contributed by atoms with van der Waals surface area (Å²) < 4.78 is 77.8. The Morgan fingerprint density at radius 2 is 1.47 bits per heavy atom. The number of nitrogens with one attached hydrogen (secondary N) is 1. The van der Waals surface area contributed by atoms with Gasteiger partial charge in [0.1, 0.15) is 0 Å². The molecular weight excluding hydrogens is 276 g/mol. The second-order valence-corrected chi connectivity index (χ2v) is 3.78. The summed E-state index contributed by atoms with van der Waals surface area (Å²) in [5, 5.41) is 1.04. The third-order valence-electron chi connectivity index (χ3n) is 2.31. The minimum atomic E-state index is -6.15. The Labute approximate surface area is 104 Å². The van der Waals surface area contributed by atoms with E-state index in [9.17, 15) is 31.1 Å². The van der Waals surface area contributed by atoms with Gasteiger partial charge in [-0.3, -0.25) is 4.79 Å². The number of carbonyl (C=O) groups excluding carboxylic acids is 1. The van der Waals surface area contributed by atoms with Gasteiger partial charge >= 0.3 is 12.1 Å².